The highest BCUT2D eigenvalue weighted by molar-refractivity contribution is 6.00. The molecule has 1 aliphatic rings. The highest BCUT2D eigenvalue weighted by Gasteiger charge is 2.49. The van der Waals surface area contributed by atoms with E-state index in [9.17, 15) is 14.4 Å². The number of amides is 1. The molecule has 150 valence electrons. The lowest BCUT2D eigenvalue weighted by molar-refractivity contribution is -0.170. The van der Waals surface area contributed by atoms with E-state index in [1.807, 2.05) is 6.07 Å². The van der Waals surface area contributed by atoms with Crippen LogP contribution in [0.4, 0.5) is 0 Å². The van der Waals surface area contributed by atoms with Gasteiger partial charge in [0.1, 0.15) is 0 Å². The molecule has 2 heterocycles. The molecule has 0 N–H and O–H groups in total. The van der Waals surface area contributed by atoms with Crippen LogP contribution in [0.1, 0.15) is 29.4 Å². The number of aromatic nitrogens is 1. The first kappa shape index (κ1) is 21.3. The zero-order valence-corrected chi connectivity index (χ0v) is 16.0. The van der Waals surface area contributed by atoms with Gasteiger partial charge < -0.3 is 19.1 Å². The van der Waals surface area contributed by atoms with Crippen LogP contribution >= 0.6 is 0 Å². The van der Waals surface area contributed by atoms with Crippen LogP contribution in [0.15, 0.2) is 18.3 Å². The molecule has 0 spiro atoms. The van der Waals surface area contributed by atoms with Crippen molar-refractivity contribution >= 4 is 17.8 Å². The Morgan fingerprint density at radius 3 is 2.54 bits per heavy atom. The molecule has 1 aromatic heterocycles. The Balaban J connectivity index is 2.24. The molecule has 1 atom stereocenters. The number of rotatable bonds is 7. The van der Waals surface area contributed by atoms with E-state index in [0.29, 0.717) is 37.6 Å². The first-order valence-electron chi connectivity index (χ1n) is 8.93. The quantitative estimate of drug-likeness (QED) is 0.495. The molecule has 0 aromatic carbocycles. The summed E-state index contributed by atoms with van der Waals surface area (Å²) in [5.74, 6) is -1.86. The summed E-state index contributed by atoms with van der Waals surface area (Å²) in [7, 11) is 1.14. The molecule has 1 aromatic rings. The highest BCUT2D eigenvalue weighted by Crippen LogP contribution is 2.30. The van der Waals surface area contributed by atoms with Gasteiger partial charge in [-0.25, -0.2) is 0 Å². The molecule has 9 heteroatoms. The molecule has 0 bridgehead atoms. The predicted molar refractivity (Wildman–Crippen MR) is 96.0 cm³/mol. The van der Waals surface area contributed by atoms with E-state index < -0.39 is 23.8 Å². The Morgan fingerprint density at radius 1 is 1.29 bits per heavy atom. The number of carbonyl (C=O) groups is 3. The van der Waals surface area contributed by atoms with Crippen molar-refractivity contribution in [3.8, 4) is 6.07 Å². The number of nitrogens with zero attached hydrogens (tertiary/aromatic N) is 3. The first-order valence-corrected chi connectivity index (χ1v) is 8.93. The van der Waals surface area contributed by atoms with Gasteiger partial charge in [0.2, 0.25) is 0 Å². The Labute approximate surface area is 163 Å². The van der Waals surface area contributed by atoms with Crippen molar-refractivity contribution in [2.24, 2.45) is 5.41 Å². The summed E-state index contributed by atoms with van der Waals surface area (Å²) in [6.45, 7) is 3.67. The Kier molecular flexibility index (Phi) is 7.46. The predicted octanol–water partition coefficient (Wildman–Crippen LogP) is 0.733. The summed E-state index contributed by atoms with van der Waals surface area (Å²) in [6, 6.07) is 4.99. The number of nitriles is 1. The molecular weight excluding hydrogens is 366 g/mol. The molecule has 0 radical (unpaired) electrons. The van der Waals surface area contributed by atoms with Crippen molar-refractivity contribution in [1.29, 1.82) is 5.26 Å². The van der Waals surface area contributed by atoms with Gasteiger partial charge in [0, 0.05) is 31.4 Å². The normalized spacial score (nSPS) is 15.8. The molecule has 9 nitrogen and oxygen atoms in total. The van der Waals surface area contributed by atoms with E-state index in [1.165, 1.54) is 6.20 Å². The average Bonchev–Trinajstić information content (AvgIpc) is 2.73. The fourth-order valence-electron chi connectivity index (χ4n) is 2.95. The molecule has 1 saturated heterocycles. The third-order valence-electron chi connectivity index (χ3n) is 4.48. The Bertz CT molecular complexity index is 752. The van der Waals surface area contributed by atoms with Crippen LogP contribution in [0.3, 0.4) is 0 Å². The van der Waals surface area contributed by atoms with Crippen molar-refractivity contribution in [3.05, 3.63) is 29.6 Å². The van der Waals surface area contributed by atoms with Crippen LogP contribution in [0, 0.1) is 16.7 Å². The fourth-order valence-corrected chi connectivity index (χ4v) is 2.95. The lowest BCUT2D eigenvalue weighted by Gasteiger charge is -2.27. The molecule has 2 rings (SSSR count). The maximum atomic E-state index is 12.5. The van der Waals surface area contributed by atoms with Gasteiger partial charge in [0.05, 0.1) is 45.0 Å². The van der Waals surface area contributed by atoms with Crippen molar-refractivity contribution in [2.45, 2.75) is 19.8 Å². The van der Waals surface area contributed by atoms with Crippen LogP contribution in [0.5, 0.6) is 0 Å². The van der Waals surface area contributed by atoms with Crippen molar-refractivity contribution in [2.75, 3.05) is 40.0 Å². The number of pyridine rings is 1. The van der Waals surface area contributed by atoms with Crippen LogP contribution in [0.25, 0.3) is 0 Å². The molecule has 1 unspecified atom stereocenters. The molecule has 0 saturated carbocycles. The van der Waals surface area contributed by atoms with Crippen LogP contribution < -0.4 is 0 Å². The van der Waals surface area contributed by atoms with Gasteiger partial charge in [-0.2, -0.15) is 5.26 Å². The maximum Gasteiger partial charge on any atom is 0.324 e. The minimum atomic E-state index is -1.80. The standard InChI is InChI=1S/C19H23N3O6/c1-3-28-18(25)19(6-7-20,17(24)26-2)12-15-5-4-14(13-21-15)16(23)22-8-10-27-11-9-22/h4-5,13H,3,6,8-12H2,1-2H3. The summed E-state index contributed by atoms with van der Waals surface area (Å²) in [6.07, 6.45) is 0.819. The third-order valence-corrected chi connectivity index (χ3v) is 4.48. The molecular formula is C19H23N3O6. The second-order valence-corrected chi connectivity index (χ2v) is 6.25. The maximum absolute atomic E-state index is 12.5. The minimum absolute atomic E-state index is 0.0590. The van der Waals surface area contributed by atoms with Gasteiger partial charge in [0.15, 0.2) is 5.41 Å². The number of ether oxygens (including phenoxy) is 3. The summed E-state index contributed by atoms with van der Waals surface area (Å²) in [5.41, 5.74) is -1.04. The van der Waals surface area contributed by atoms with Gasteiger partial charge in [-0.05, 0) is 19.1 Å². The van der Waals surface area contributed by atoms with Crippen LogP contribution in [-0.2, 0) is 30.2 Å². The van der Waals surface area contributed by atoms with Crippen molar-refractivity contribution in [1.82, 2.24) is 9.88 Å². The van der Waals surface area contributed by atoms with E-state index in [1.54, 1.807) is 24.0 Å². The smallest absolute Gasteiger partial charge is 0.324 e. The van der Waals surface area contributed by atoms with Gasteiger partial charge in [-0.3, -0.25) is 19.4 Å². The van der Waals surface area contributed by atoms with E-state index in [4.69, 9.17) is 19.5 Å². The van der Waals surface area contributed by atoms with Crippen LogP contribution in [-0.4, -0.2) is 67.7 Å². The van der Waals surface area contributed by atoms with Gasteiger partial charge in [-0.1, -0.05) is 0 Å². The van der Waals surface area contributed by atoms with Crippen molar-refractivity contribution in [3.63, 3.8) is 0 Å². The Morgan fingerprint density at radius 2 is 2.00 bits per heavy atom. The number of hydrogen-bond acceptors (Lipinski definition) is 8. The van der Waals surface area contributed by atoms with Crippen LogP contribution in [0.2, 0.25) is 0 Å². The number of esters is 2. The number of carbonyl (C=O) groups excluding carboxylic acids is 3. The molecule has 1 aliphatic heterocycles. The van der Waals surface area contributed by atoms with Crippen molar-refractivity contribution < 1.29 is 28.6 Å². The van der Waals surface area contributed by atoms with Gasteiger partial charge in [-0.15, -0.1) is 0 Å². The number of methoxy groups -OCH3 is 1. The lowest BCUT2D eigenvalue weighted by atomic mass is 9.80. The first-order chi connectivity index (χ1) is 13.5. The molecule has 1 fully saturated rings. The fraction of sp³-hybridized carbons (Fsp3) is 0.526. The summed E-state index contributed by atoms with van der Waals surface area (Å²) < 4.78 is 15.0. The minimum Gasteiger partial charge on any atom is -0.468 e. The monoisotopic (exact) mass is 389 g/mol. The number of hydrogen-bond donors (Lipinski definition) is 0. The average molecular weight is 389 g/mol. The lowest BCUT2D eigenvalue weighted by Crippen LogP contribution is -2.43. The van der Waals surface area contributed by atoms with E-state index in [2.05, 4.69) is 4.98 Å². The Hall–Kier alpha value is -2.99. The SMILES string of the molecule is CCOC(=O)C(CC#N)(Cc1ccc(C(=O)N2CCOCC2)cn1)C(=O)OC. The molecule has 0 aliphatic carbocycles. The van der Waals surface area contributed by atoms with Gasteiger partial charge >= 0.3 is 11.9 Å². The van der Waals surface area contributed by atoms with E-state index in [-0.39, 0.29) is 18.9 Å². The zero-order valence-electron chi connectivity index (χ0n) is 16.0. The summed E-state index contributed by atoms with van der Waals surface area (Å²) in [4.78, 5) is 43.2. The second-order valence-electron chi connectivity index (χ2n) is 6.25. The third kappa shape index (κ3) is 4.64. The largest absolute Gasteiger partial charge is 0.468 e. The second kappa shape index (κ2) is 9.80. The summed E-state index contributed by atoms with van der Waals surface area (Å²) in [5, 5.41) is 9.16. The van der Waals surface area contributed by atoms with E-state index >= 15 is 0 Å². The van der Waals surface area contributed by atoms with E-state index in [0.717, 1.165) is 7.11 Å². The molecule has 1 amide bonds. The summed E-state index contributed by atoms with van der Waals surface area (Å²) >= 11 is 0. The zero-order chi connectivity index (χ0) is 20.6. The molecule has 28 heavy (non-hydrogen) atoms. The van der Waals surface area contributed by atoms with Gasteiger partial charge in [0.25, 0.3) is 5.91 Å². The topological polar surface area (TPSA) is 119 Å². The number of morpholine rings is 1. The highest BCUT2D eigenvalue weighted by atomic mass is 16.6.